The second kappa shape index (κ2) is 9.67. The van der Waals surface area contributed by atoms with Crippen molar-refractivity contribution in [2.45, 2.75) is 38.8 Å². The lowest BCUT2D eigenvalue weighted by molar-refractivity contribution is -0.140. The van der Waals surface area contributed by atoms with Crippen LogP contribution in [0.4, 0.5) is 0 Å². The summed E-state index contributed by atoms with van der Waals surface area (Å²) in [7, 11) is 1.54. The minimum atomic E-state index is -0.789. The lowest BCUT2D eigenvalue weighted by Gasteiger charge is -2.27. The summed E-state index contributed by atoms with van der Waals surface area (Å²) in [6.45, 7) is 4.95. The number of amides is 1. The predicted molar refractivity (Wildman–Crippen MR) is 123 cm³/mol. The van der Waals surface area contributed by atoms with E-state index in [2.05, 4.69) is 0 Å². The van der Waals surface area contributed by atoms with E-state index in [-0.39, 0.29) is 30.6 Å². The topological polar surface area (TPSA) is 85.3 Å². The molecule has 33 heavy (non-hydrogen) atoms. The summed E-state index contributed by atoms with van der Waals surface area (Å²) in [5.41, 5.74) is 2.15. The van der Waals surface area contributed by atoms with Crippen molar-refractivity contribution in [3.05, 3.63) is 64.7 Å². The number of benzene rings is 2. The molecule has 2 aromatic rings. The summed E-state index contributed by atoms with van der Waals surface area (Å²) >= 11 is 0. The normalized spacial score (nSPS) is 19.5. The maximum absolute atomic E-state index is 13.2. The predicted octanol–water partition coefficient (Wildman–Crippen LogP) is 3.87. The molecule has 1 amide bonds. The van der Waals surface area contributed by atoms with E-state index in [1.807, 2.05) is 44.2 Å². The Kier molecular flexibility index (Phi) is 6.70. The number of hydrogen-bond acceptors (Lipinski definition) is 6. The molecule has 2 aliphatic heterocycles. The Labute approximate surface area is 193 Å². The van der Waals surface area contributed by atoms with E-state index in [0.29, 0.717) is 23.5 Å². The molecule has 1 saturated heterocycles. The summed E-state index contributed by atoms with van der Waals surface area (Å²) in [5.74, 6) is -0.246. The van der Waals surface area contributed by atoms with Crippen LogP contribution < -0.4 is 9.47 Å². The number of fused-ring (bicyclic) bond motifs is 1. The lowest BCUT2D eigenvalue weighted by atomic mass is 9.93. The number of aliphatic hydroxyl groups is 1. The number of carbonyl (C=O) groups is 2. The van der Waals surface area contributed by atoms with Crippen molar-refractivity contribution in [3.8, 4) is 11.5 Å². The zero-order chi connectivity index (χ0) is 23.5. The molecule has 4 rings (SSSR count). The zero-order valence-corrected chi connectivity index (χ0v) is 19.2. The largest absolute Gasteiger partial charge is 0.507 e. The Hall–Kier alpha value is -3.32. The third-order valence-electron chi connectivity index (χ3n) is 5.83. The van der Waals surface area contributed by atoms with Crippen LogP contribution in [0.15, 0.2) is 48.0 Å². The summed E-state index contributed by atoms with van der Waals surface area (Å²) in [6, 6.07) is 11.9. The van der Waals surface area contributed by atoms with Gasteiger partial charge in [-0.1, -0.05) is 18.2 Å². The van der Waals surface area contributed by atoms with Gasteiger partial charge in [0.15, 0.2) is 0 Å². The Morgan fingerprint density at radius 1 is 1.21 bits per heavy atom. The van der Waals surface area contributed by atoms with Crippen molar-refractivity contribution in [1.82, 2.24) is 4.90 Å². The standard InChI is InChI=1S/C26H29NO6/c1-16(2)33-21-9-5-4-8-19(21)23-22(25(29)26(30)27(23)12-14-31-3)24(28)18-10-11-20-17(15-18)7-6-13-32-20/h4-5,8-11,15-16,23,28H,6-7,12-14H2,1-3H3/b24-22+. The molecule has 0 radical (unpaired) electrons. The number of ether oxygens (including phenoxy) is 3. The first-order chi connectivity index (χ1) is 15.9. The van der Waals surface area contributed by atoms with Gasteiger partial charge in [0.1, 0.15) is 17.3 Å². The Morgan fingerprint density at radius 3 is 2.76 bits per heavy atom. The number of methoxy groups -OCH3 is 1. The van der Waals surface area contributed by atoms with Gasteiger partial charge >= 0.3 is 0 Å². The molecule has 0 aromatic heterocycles. The van der Waals surface area contributed by atoms with Gasteiger partial charge in [-0.15, -0.1) is 0 Å². The number of likely N-dealkylation sites (tertiary alicyclic amines) is 1. The van der Waals surface area contributed by atoms with Crippen molar-refractivity contribution < 1.29 is 28.9 Å². The monoisotopic (exact) mass is 451 g/mol. The number of aryl methyl sites for hydroxylation is 1. The number of ketones is 1. The first kappa shape index (κ1) is 22.9. The highest BCUT2D eigenvalue weighted by Gasteiger charge is 2.47. The summed E-state index contributed by atoms with van der Waals surface area (Å²) < 4.78 is 16.8. The van der Waals surface area contributed by atoms with E-state index in [1.165, 1.54) is 12.0 Å². The van der Waals surface area contributed by atoms with Crippen LogP contribution in [0.3, 0.4) is 0 Å². The smallest absolute Gasteiger partial charge is 0.295 e. The average molecular weight is 452 g/mol. The second-order valence-electron chi connectivity index (χ2n) is 8.46. The van der Waals surface area contributed by atoms with Crippen LogP contribution in [0.25, 0.3) is 5.76 Å². The molecule has 7 heteroatoms. The van der Waals surface area contributed by atoms with Gasteiger partial charge in [-0.25, -0.2) is 0 Å². The lowest BCUT2D eigenvalue weighted by Crippen LogP contribution is -2.33. The number of para-hydroxylation sites is 1. The molecule has 174 valence electrons. The van der Waals surface area contributed by atoms with Crippen LogP contribution in [0.1, 0.15) is 43.0 Å². The van der Waals surface area contributed by atoms with Gasteiger partial charge in [-0.3, -0.25) is 9.59 Å². The first-order valence-electron chi connectivity index (χ1n) is 11.2. The highest BCUT2D eigenvalue weighted by Crippen LogP contribution is 2.43. The average Bonchev–Trinajstić information content (AvgIpc) is 3.06. The van der Waals surface area contributed by atoms with E-state index in [4.69, 9.17) is 14.2 Å². The number of hydrogen-bond donors (Lipinski definition) is 1. The molecule has 7 nitrogen and oxygen atoms in total. The maximum atomic E-state index is 13.2. The van der Waals surface area contributed by atoms with Crippen LogP contribution in [0.5, 0.6) is 11.5 Å². The number of nitrogens with zero attached hydrogens (tertiary/aromatic N) is 1. The molecule has 0 spiro atoms. The third kappa shape index (κ3) is 4.46. The Bertz CT molecular complexity index is 1090. The van der Waals surface area contributed by atoms with Crippen molar-refractivity contribution >= 4 is 17.4 Å². The number of rotatable bonds is 7. The van der Waals surface area contributed by atoms with Crippen LogP contribution in [-0.2, 0) is 20.7 Å². The van der Waals surface area contributed by atoms with Crippen LogP contribution in [0.2, 0.25) is 0 Å². The van der Waals surface area contributed by atoms with E-state index in [1.54, 1.807) is 12.1 Å². The van der Waals surface area contributed by atoms with Crippen molar-refractivity contribution in [2.24, 2.45) is 0 Å². The SMILES string of the molecule is COCCN1C(=O)C(=O)/C(=C(/O)c2ccc3c(c2)CCCO3)C1c1ccccc1OC(C)C. The number of aliphatic hydroxyl groups excluding tert-OH is 1. The molecular formula is C26H29NO6. The van der Waals surface area contributed by atoms with E-state index in [0.717, 1.165) is 24.2 Å². The van der Waals surface area contributed by atoms with Gasteiger partial charge in [0, 0.05) is 24.8 Å². The molecule has 2 aromatic carbocycles. The molecule has 1 unspecified atom stereocenters. The third-order valence-corrected chi connectivity index (χ3v) is 5.83. The van der Waals surface area contributed by atoms with Crippen LogP contribution in [0, 0.1) is 0 Å². The molecule has 2 aliphatic rings. The van der Waals surface area contributed by atoms with E-state index in [9.17, 15) is 14.7 Å². The summed E-state index contributed by atoms with van der Waals surface area (Å²) in [4.78, 5) is 27.7. The van der Waals surface area contributed by atoms with Gasteiger partial charge in [0.25, 0.3) is 11.7 Å². The van der Waals surface area contributed by atoms with Gasteiger partial charge in [0.2, 0.25) is 0 Å². The maximum Gasteiger partial charge on any atom is 0.295 e. The van der Waals surface area contributed by atoms with Crippen LogP contribution >= 0.6 is 0 Å². The van der Waals surface area contributed by atoms with Gasteiger partial charge < -0.3 is 24.2 Å². The quantitative estimate of drug-likeness (QED) is 0.391. The fraction of sp³-hybridized carbons (Fsp3) is 0.385. The molecule has 0 saturated carbocycles. The molecule has 1 fully saturated rings. The highest BCUT2D eigenvalue weighted by molar-refractivity contribution is 6.46. The van der Waals surface area contributed by atoms with Crippen molar-refractivity contribution in [3.63, 3.8) is 0 Å². The molecule has 0 bridgehead atoms. The minimum Gasteiger partial charge on any atom is -0.507 e. The molecule has 1 atom stereocenters. The summed E-state index contributed by atoms with van der Waals surface area (Å²) in [6.07, 6.45) is 1.61. The van der Waals surface area contributed by atoms with E-state index < -0.39 is 17.7 Å². The Morgan fingerprint density at radius 2 is 2.00 bits per heavy atom. The second-order valence-corrected chi connectivity index (χ2v) is 8.46. The van der Waals surface area contributed by atoms with Gasteiger partial charge in [-0.2, -0.15) is 0 Å². The van der Waals surface area contributed by atoms with Crippen LogP contribution in [-0.4, -0.2) is 54.7 Å². The molecule has 1 N–H and O–H groups in total. The Balaban J connectivity index is 1.86. The van der Waals surface area contributed by atoms with Crippen molar-refractivity contribution in [1.29, 1.82) is 0 Å². The molecule has 0 aliphatic carbocycles. The number of Topliss-reactive ketones (excluding diaryl/α,β-unsaturated/α-hetero) is 1. The zero-order valence-electron chi connectivity index (χ0n) is 19.2. The fourth-order valence-electron chi connectivity index (χ4n) is 4.35. The fourth-order valence-corrected chi connectivity index (χ4v) is 4.35. The highest BCUT2D eigenvalue weighted by atomic mass is 16.5. The first-order valence-corrected chi connectivity index (χ1v) is 11.2. The molecular weight excluding hydrogens is 422 g/mol. The molecule has 2 heterocycles. The number of carbonyl (C=O) groups excluding carboxylic acids is 2. The van der Waals surface area contributed by atoms with Gasteiger partial charge in [-0.05, 0) is 56.5 Å². The van der Waals surface area contributed by atoms with Gasteiger partial charge in [0.05, 0.1) is 30.9 Å². The minimum absolute atomic E-state index is 0.0487. The van der Waals surface area contributed by atoms with Crippen molar-refractivity contribution in [2.75, 3.05) is 26.9 Å². The van der Waals surface area contributed by atoms with E-state index >= 15 is 0 Å². The summed E-state index contributed by atoms with van der Waals surface area (Å²) in [5, 5.41) is 11.3.